The Morgan fingerprint density at radius 1 is 1.43 bits per heavy atom. The first-order valence-corrected chi connectivity index (χ1v) is 8.14. The van der Waals surface area contributed by atoms with E-state index < -0.39 is 5.54 Å². The van der Waals surface area contributed by atoms with E-state index in [4.69, 9.17) is 9.47 Å². The van der Waals surface area contributed by atoms with E-state index in [-0.39, 0.29) is 5.97 Å². The van der Waals surface area contributed by atoms with Crippen LogP contribution in [0.3, 0.4) is 0 Å². The van der Waals surface area contributed by atoms with Gasteiger partial charge in [0.2, 0.25) is 0 Å². The van der Waals surface area contributed by atoms with Crippen molar-refractivity contribution in [2.24, 2.45) is 5.92 Å². The summed E-state index contributed by atoms with van der Waals surface area (Å²) in [5, 5.41) is 3.28. The summed E-state index contributed by atoms with van der Waals surface area (Å²) >= 11 is 0. The number of nitrogens with zero attached hydrogens (tertiary/aromatic N) is 1. The molecule has 0 amide bonds. The molecule has 0 aromatic rings. The second kappa shape index (κ2) is 8.71. The number of hydrogen-bond acceptors (Lipinski definition) is 5. The number of likely N-dealkylation sites (N-methyl/N-ethyl adjacent to an activating group) is 1. The maximum Gasteiger partial charge on any atom is 0.326 e. The Bertz CT molecular complexity index is 325. The van der Waals surface area contributed by atoms with Crippen LogP contribution in [0.15, 0.2) is 0 Å². The SMILES string of the molecule is CCNC(C)(CCN1CCC(C)C(OC)C1)C(=O)OCC. The molecule has 5 nitrogen and oxygen atoms in total. The molecule has 1 fully saturated rings. The molecule has 1 heterocycles. The van der Waals surface area contributed by atoms with E-state index in [0.717, 1.165) is 39.0 Å². The quantitative estimate of drug-likeness (QED) is 0.691. The molecule has 0 spiro atoms. The zero-order valence-corrected chi connectivity index (χ0v) is 14.3. The van der Waals surface area contributed by atoms with Crippen molar-refractivity contribution in [1.82, 2.24) is 10.2 Å². The normalized spacial score (nSPS) is 26.3. The lowest BCUT2D eigenvalue weighted by atomic mass is 9.93. The minimum Gasteiger partial charge on any atom is -0.465 e. The van der Waals surface area contributed by atoms with Crippen LogP contribution in [-0.4, -0.2) is 62.4 Å². The molecule has 5 heteroatoms. The number of methoxy groups -OCH3 is 1. The van der Waals surface area contributed by atoms with Crippen molar-refractivity contribution < 1.29 is 14.3 Å². The highest BCUT2D eigenvalue weighted by atomic mass is 16.5. The lowest BCUT2D eigenvalue weighted by Gasteiger charge is -2.38. The first-order chi connectivity index (χ1) is 9.96. The summed E-state index contributed by atoms with van der Waals surface area (Å²) in [5.74, 6) is 0.456. The monoisotopic (exact) mass is 300 g/mol. The molecule has 0 aromatic heterocycles. The van der Waals surface area contributed by atoms with E-state index in [9.17, 15) is 4.79 Å². The lowest BCUT2D eigenvalue weighted by Crippen LogP contribution is -2.53. The molecule has 0 aliphatic carbocycles. The maximum atomic E-state index is 12.2. The molecule has 1 N–H and O–H groups in total. The van der Waals surface area contributed by atoms with Gasteiger partial charge in [-0.3, -0.25) is 4.79 Å². The highest BCUT2D eigenvalue weighted by Gasteiger charge is 2.35. The summed E-state index contributed by atoms with van der Waals surface area (Å²) in [5.41, 5.74) is -0.601. The van der Waals surface area contributed by atoms with Gasteiger partial charge in [0, 0.05) is 20.2 Å². The standard InChI is InChI=1S/C16H32N2O3/c1-6-17-16(4,15(19)21-7-2)9-11-18-10-8-13(3)14(12-18)20-5/h13-14,17H,6-12H2,1-5H3. The number of carbonyl (C=O) groups excluding carboxylic acids is 1. The first-order valence-electron chi connectivity index (χ1n) is 8.14. The van der Waals surface area contributed by atoms with Crippen molar-refractivity contribution in [3.05, 3.63) is 0 Å². The van der Waals surface area contributed by atoms with Crippen molar-refractivity contribution in [1.29, 1.82) is 0 Å². The average Bonchev–Trinajstić information content (AvgIpc) is 2.47. The van der Waals surface area contributed by atoms with Crippen LogP contribution in [-0.2, 0) is 14.3 Å². The lowest BCUT2D eigenvalue weighted by molar-refractivity contribution is -0.151. The fourth-order valence-electron chi connectivity index (χ4n) is 2.93. The summed E-state index contributed by atoms with van der Waals surface area (Å²) in [6, 6.07) is 0. The van der Waals surface area contributed by atoms with Gasteiger partial charge in [-0.25, -0.2) is 0 Å². The van der Waals surface area contributed by atoms with Crippen LogP contribution in [0.25, 0.3) is 0 Å². The third-order valence-corrected chi connectivity index (χ3v) is 4.50. The van der Waals surface area contributed by atoms with Crippen LogP contribution in [0.5, 0.6) is 0 Å². The zero-order chi connectivity index (χ0) is 15.9. The third-order valence-electron chi connectivity index (χ3n) is 4.50. The predicted octanol–water partition coefficient (Wildman–Crippen LogP) is 1.66. The fraction of sp³-hybridized carbons (Fsp3) is 0.938. The smallest absolute Gasteiger partial charge is 0.326 e. The minimum absolute atomic E-state index is 0.152. The van der Waals surface area contributed by atoms with Crippen molar-refractivity contribution in [3.63, 3.8) is 0 Å². The van der Waals surface area contributed by atoms with Crippen LogP contribution in [0.2, 0.25) is 0 Å². The van der Waals surface area contributed by atoms with Gasteiger partial charge < -0.3 is 19.7 Å². The van der Waals surface area contributed by atoms with E-state index in [1.54, 1.807) is 7.11 Å². The Balaban J connectivity index is 2.55. The second-order valence-corrected chi connectivity index (χ2v) is 6.17. The minimum atomic E-state index is -0.601. The number of nitrogens with one attached hydrogen (secondary N) is 1. The van der Waals surface area contributed by atoms with Gasteiger partial charge in [0.1, 0.15) is 5.54 Å². The van der Waals surface area contributed by atoms with Crippen molar-refractivity contribution >= 4 is 5.97 Å². The number of carbonyl (C=O) groups is 1. The van der Waals surface area contributed by atoms with E-state index in [1.807, 2.05) is 20.8 Å². The summed E-state index contributed by atoms with van der Waals surface area (Å²) in [4.78, 5) is 14.6. The van der Waals surface area contributed by atoms with Crippen LogP contribution in [0, 0.1) is 5.92 Å². The number of esters is 1. The highest BCUT2D eigenvalue weighted by Crippen LogP contribution is 2.21. The molecule has 124 valence electrons. The van der Waals surface area contributed by atoms with Gasteiger partial charge in [-0.2, -0.15) is 0 Å². The van der Waals surface area contributed by atoms with Gasteiger partial charge in [0.25, 0.3) is 0 Å². The van der Waals surface area contributed by atoms with E-state index in [1.165, 1.54) is 0 Å². The number of rotatable bonds is 8. The van der Waals surface area contributed by atoms with Crippen molar-refractivity contribution in [3.8, 4) is 0 Å². The largest absolute Gasteiger partial charge is 0.465 e. The number of piperidine rings is 1. The van der Waals surface area contributed by atoms with Crippen LogP contribution < -0.4 is 5.32 Å². The first kappa shape index (κ1) is 18.4. The summed E-state index contributed by atoms with van der Waals surface area (Å²) in [6.45, 7) is 12.1. The van der Waals surface area contributed by atoms with Crippen molar-refractivity contribution in [2.75, 3.05) is 39.9 Å². The summed E-state index contributed by atoms with van der Waals surface area (Å²) in [6.07, 6.45) is 2.20. The molecular weight excluding hydrogens is 268 g/mol. The van der Waals surface area contributed by atoms with E-state index >= 15 is 0 Å². The molecule has 0 saturated carbocycles. The molecule has 1 aliphatic rings. The number of hydrogen-bond donors (Lipinski definition) is 1. The molecule has 0 aromatic carbocycles. The molecule has 3 unspecified atom stereocenters. The van der Waals surface area contributed by atoms with Gasteiger partial charge in [0.05, 0.1) is 12.7 Å². The third kappa shape index (κ3) is 5.24. The van der Waals surface area contributed by atoms with Gasteiger partial charge in [-0.1, -0.05) is 13.8 Å². The van der Waals surface area contributed by atoms with Crippen LogP contribution in [0.1, 0.15) is 40.5 Å². The predicted molar refractivity (Wildman–Crippen MR) is 84.3 cm³/mol. The van der Waals surface area contributed by atoms with Gasteiger partial charge >= 0.3 is 5.97 Å². The van der Waals surface area contributed by atoms with E-state index in [0.29, 0.717) is 18.6 Å². The summed E-state index contributed by atoms with van der Waals surface area (Å²) in [7, 11) is 1.78. The maximum absolute atomic E-state index is 12.2. The molecule has 1 rings (SSSR count). The van der Waals surface area contributed by atoms with Crippen LogP contribution in [0.4, 0.5) is 0 Å². The van der Waals surface area contributed by atoms with Gasteiger partial charge in [-0.05, 0) is 45.7 Å². The van der Waals surface area contributed by atoms with Crippen LogP contribution >= 0.6 is 0 Å². The Morgan fingerprint density at radius 3 is 2.71 bits per heavy atom. The molecular formula is C16H32N2O3. The topological polar surface area (TPSA) is 50.8 Å². The Morgan fingerprint density at radius 2 is 2.14 bits per heavy atom. The molecule has 0 bridgehead atoms. The zero-order valence-electron chi connectivity index (χ0n) is 14.3. The average molecular weight is 300 g/mol. The van der Waals surface area contributed by atoms with Gasteiger partial charge in [-0.15, -0.1) is 0 Å². The number of likely N-dealkylation sites (tertiary alicyclic amines) is 1. The number of ether oxygens (including phenoxy) is 2. The molecule has 0 radical (unpaired) electrons. The van der Waals surface area contributed by atoms with Gasteiger partial charge in [0.15, 0.2) is 0 Å². The Hall–Kier alpha value is -0.650. The summed E-state index contributed by atoms with van der Waals surface area (Å²) < 4.78 is 10.8. The fourth-order valence-corrected chi connectivity index (χ4v) is 2.93. The molecule has 1 aliphatic heterocycles. The molecule has 1 saturated heterocycles. The molecule has 21 heavy (non-hydrogen) atoms. The van der Waals surface area contributed by atoms with Crippen molar-refractivity contribution in [2.45, 2.75) is 52.2 Å². The second-order valence-electron chi connectivity index (χ2n) is 6.17. The Labute approximate surface area is 129 Å². The molecule has 3 atom stereocenters. The Kier molecular flexibility index (Phi) is 7.63. The highest BCUT2D eigenvalue weighted by molar-refractivity contribution is 5.80. The van der Waals surface area contributed by atoms with E-state index in [2.05, 4.69) is 17.1 Å².